The number of anilines is 1. The van der Waals surface area contributed by atoms with Crippen molar-refractivity contribution < 1.29 is 12.8 Å². The minimum Gasteiger partial charge on any atom is -0.257 e. The zero-order chi connectivity index (χ0) is 19.0. The van der Waals surface area contributed by atoms with Gasteiger partial charge in [-0.2, -0.15) is 5.10 Å². The van der Waals surface area contributed by atoms with Crippen molar-refractivity contribution in [3.8, 4) is 0 Å². The molecular formula is C19H16FN3O2S2. The SMILES string of the molecule is NS(=O)(=O)c1ccc(N2N=C(c3cccs3)C[C@H]2c2cccc(F)c2)cc1. The van der Waals surface area contributed by atoms with Crippen LogP contribution in [0, 0.1) is 5.82 Å². The Hall–Kier alpha value is -2.55. The van der Waals surface area contributed by atoms with Crippen LogP contribution in [0.1, 0.15) is 22.9 Å². The molecule has 1 aromatic heterocycles. The van der Waals surface area contributed by atoms with Crippen molar-refractivity contribution in [1.29, 1.82) is 0 Å². The lowest BCUT2D eigenvalue weighted by molar-refractivity contribution is 0.597. The van der Waals surface area contributed by atoms with Crippen molar-refractivity contribution in [2.45, 2.75) is 17.4 Å². The van der Waals surface area contributed by atoms with E-state index in [1.807, 2.05) is 23.6 Å². The monoisotopic (exact) mass is 401 g/mol. The Balaban J connectivity index is 1.75. The highest BCUT2D eigenvalue weighted by Gasteiger charge is 2.30. The summed E-state index contributed by atoms with van der Waals surface area (Å²) in [6, 6.07) is 16.5. The van der Waals surface area contributed by atoms with Crippen LogP contribution in [0.4, 0.5) is 10.1 Å². The van der Waals surface area contributed by atoms with Crippen molar-refractivity contribution in [2.24, 2.45) is 10.2 Å². The van der Waals surface area contributed by atoms with E-state index in [0.29, 0.717) is 12.1 Å². The van der Waals surface area contributed by atoms with E-state index < -0.39 is 10.0 Å². The van der Waals surface area contributed by atoms with E-state index in [1.54, 1.807) is 34.5 Å². The first-order valence-corrected chi connectivity index (χ1v) is 10.6. The number of rotatable bonds is 4. The highest BCUT2D eigenvalue weighted by Crippen LogP contribution is 2.37. The summed E-state index contributed by atoms with van der Waals surface area (Å²) < 4.78 is 36.8. The molecule has 0 bridgehead atoms. The minimum absolute atomic E-state index is 0.0372. The number of sulfonamides is 1. The number of hydrazone groups is 1. The minimum atomic E-state index is -3.76. The molecule has 138 valence electrons. The molecule has 0 radical (unpaired) electrons. The highest BCUT2D eigenvalue weighted by atomic mass is 32.2. The fraction of sp³-hybridized carbons (Fsp3) is 0.105. The molecule has 3 aromatic rings. The van der Waals surface area contributed by atoms with Crippen LogP contribution in [-0.2, 0) is 10.0 Å². The van der Waals surface area contributed by atoms with Gasteiger partial charge >= 0.3 is 0 Å². The molecule has 2 heterocycles. The lowest BCUT2D eigenvalue weighted by Gasteiger charge is -2.24. The first-order valence-electron chi connectivity index (χ1n) is 8.21. The molecule has 1 aliphatic rings. The third kappa shape index (κ3) is 3.64. The average Bonchev–Trinajstić information content (AvgIpc) is 3.31. The summed E-state index contributed by atoms with van der Waals surface area (Å²) in [5, 5.41) is 13.7. The second-order valence-corrected chi connectivity index (χ2v) is 8.69. The first kappa shape index (κ1) is 17.8. The van der Waals surface area contributed by atoms with Gasteiger partial charge in [-0.25, -0.2) is 17.9 Å². The van der Waals surface area contributed by atoms with E-state index in [4.69, 9.17) is 10.2 Å². The van der Waals surface area contributed by atoms with Crippen LogP contribution in [0.3, 0.4) is 0 Å². The number of hydrogen-bond donors (Lipinski definition) is 1. The normalized spacial score (nSPS) is 17.2. The quantitative estimate of drug-likeness (QED) is 0.721. The molecule has 2 N–H and O–H groups in total. The maximum absolute atomic E-state index is 13.8. The van der Waals surface area contributed by atoms with E-state index in [-0.39, 0.29) is 16.8 Å². The molecule has 2 aromatic carbocycles. The molecule has 0 saturated carbocycles. The lowest BCUT2D eigenvalue weighted by atomic mass is 10.0. The van der Waals surface area contributed by atoms with Gasteiger partial charge in [0, 0.05) is 6.42 Å². The van der Waals surface area contributed by atoms with Crippen molar-refractivity contribution in [2.75, 3.05) is 5.01 Å². The average molecular weight is 401 g/mol. The summed E-state index contributed by atoms with van der Waals surface area (Å²) in [5.41, 5.74) is 2.43. The van der Waals surface area contributed by atoms with Crippen LogP contribution in [-0.4, -0.2) is 14.1 Å². The van der Waals surface area contributed by atoms with E-state index in [9.17, 15) is 12.8 Å². The van der Waals surface area contributed by atoms with Gasteiger partial charge < -0.3 is 0 Å². The maximum Gasteiger partial charge on any atom is 0.238 e. The summed E-state index contributed by atoms with van der Waals surface area (Å²) in [5.74, 6) is -0.304. The summed E-state index contributed by atoms with van der Waals surface area (Å²) in [6.45, 7) is 0. The lowest BCUT2D eigenvalue weighted by Crippen LogP contribution is -2.19. The van der Waals surface area contributed by atoms with Crippen molar-refractivity contribution >= 4 is 32.8 Å². The summed E-state index contributed by atoms with van der Waals surface area (Å²) >= 11 is 1.60. The van der Waals surface area contributed by atoms with Gasteiger partial charge in [-0.1, -0.05) is 18.2 Å². The summed E-state index contributed by atoms with van der Waals surface area (Å²) in [7, 11) is -3.76. The van der Waals surface area contributed by atoms with Gasteiger partial charge in [-0.3, -0.25) is 5.01 Å². The predicted octanol–water partition coefficient (Wildman–Crippen LogP) is 3.89. The Morgan fingerprint density at radius 2 is 1.89 bits per heavy atom. The third-order valence-corrected chi connectivity index (χ3v) is 6.23. The van der Waals surface area contributed by atoms with Gasteiger partial charge in [-0.15, -0.1) is 11.3 Å². The Morgan fingerprint density at radius 1 is 1.11 bits per heavy atom. The molecule has 0 spiro atoms. The van der Waals surface area contributed by atoms with Crippen molar-refractivity contribution in [1.82, 2.24) is 0 Å². The largest absolute Gasteiger partial charge is 0.257 e. The van der Waals surface area contributed by atoms with Crippen molar-refractivity contribution in [3.63, 3.8) is 0 Å². The molecular weight excluding hydrogens is 385 g/mol. The Kier molecular flexibility index (Phi) is 4.55. The zero-order valence-corrected chi connectivity index (χ0v) is 15.8. The molecule has 8 heteroatoms. The van der Waals surface area contributed by atoms with Gasteiger partial charge in [0.1, 0.15) is 5.82 Å². The Morgan fingerprint density at radius 3 is 2.52 bits per heavy atom. The van der Waals surface area contributed by atoms with Crippen LogP contribution < -0.4 is 10.1 Å². The van der Waals surface area contributed by atoms with Gasteiger partial charge in [0.05, 0.1) is 27.2 Å². The fourth-order valence-electron chi connectivity index (χ4n) is 3.10. The second-order valence-electron chi connectivity index (χ2n) is 6.18. The van der Waals surface area contributed by atoms with Crippen LogP contribution in [0.25, 0.3) is 0 Å². The van der Waals surface area contributed by atoms with Gasteiger partial charge in [0.15, 0.2) is 0 Å². The number of hydrogen-bond acceptors (Lipinski definition) is 5. The van der Waals surface area contributed by atoms with E-state index in [0.717, 1.165) is 16.2 Å². The number of nitrogens with two attached hydrogens (primary N) is 1. The molecule has 0 saturated heterocycles. The number of nitrogens with zero attached hydrogens (tertiary/aromatic N) is 2. The first-order chi connectivity index (χ1) is 12.9. The number of benzene rings is 2. The van der Waals surface area contributed by atoms with E-state index in [1.165, 1.54) is 24.3 Å². The number of primary sulfonamides is 1. The Bertz CT molecular complexity index is 1090. The smallest absolute Gasteiger partial charge is 0.238 e. The van der Waals surface area contributed by atoms with Gasteiger partial charge in [0.2, 0.25) is 10.0 Å². The molecule has 27 heavy (non-hydrogen) atoms. The van der Waals surface area contributed by atoms with E-state index >= 15 is 0 Å². The standard InChI is InChI=1S/C19H16FN3O2S2/c20-14-4-1-3-13(11-14)18-12-17(19-5-2-10-26-19)22-23(18)15-6-8-16(9-7-15)27(21,24)25/h1-11,18H,12H2,(H2,21,24,25)/t18-/m0/s1. The molecule has 4 rings (SSSR count). The molecule has 0 amide bonds. The second kappa shape index (κ2) is 6.88. The van der Waals surface area contributed by atoms with Crippen LogP contribution in [0.2, 0.25) is 0 Å². The fourth-order valence-corrected chi connectivity index (χ4v) is 4.34. The summed E-state index contributed by atoms with van der Waals surface area (Å²) in [4.78, 5) is 1.09. The maximum atomic E-state index is 13.8. The molecule has 5 nitrogen and oxygen atoms in total. The van der Waals surface area contributed by atoms with Crippen LogP contribution >= 0.6 is 11.3 Å². The molecule has 1 atom stereocenters. The zero-order valence-electron chi connectivity index (χ0n) is 14.1. The molecule has 0 aliphatic carbocycles. The predicted molar refractivity (Wildman–Crippen MR) is 105 cm³/mol. The highest BCUT2D eigenvalue weighted by molar-refractivity contribution is 7.89. The van der Waals surface area contributed by atoms with Crippen molar-refractivity contribution in [3.05, 3.63) is 82.3 Å². The third-order valence-electron chi connectivity index (χ3n) is 4.38. The van der Waals surface area contributed by atoms with Gasteiger partial charge in [0.25, 0.3) is 0 Å². The number of halogens is 1. The number of thiophene rings is 1. The molecule has 0 fully saturated rings. The van der Waals surface area contributed by atoms with Crippen LogP contribution in [0.15, 0.2) is 76.0 Å². The van der Waals surface area contributed by atoms with Crippen LogP contribution in [0.5, 0.6) is 0 Å². The summed E-state index contributed by atoms with van der Waals surface area (Å²) in [6.07, 6.45) is 0.626. The molecule has 1 aliphatic heterocycles. The van der Waals surface area contributed by atoms with E-state index in [2.05, 4.69) is 0 Å². The van der Waals surface area contributed by atoms with Gasteiger partial charge in [-0.05, 0) is 53.4 Å². The Labute approximate surface area is 160 Å². The molecule has 0 unspecified atom stereocenters. The topological polar surface area (TPSA) is 75.8 Å².